The highest BCUT2D eigenvalue weighted by atomic mass is 16.3. The summed E-state index contributed by atoms with van der Waals surface area (Å²) in [5, 5.41) is 18.8. The molecule has 17 heavy (non-hydrogen) atoms. The van der Waals surface area contributed by atoms with Gasteiger partial charge in [-0.2, -0.15) is 0 Å². The normalized spacial score (nSPS) is 10.2. The van der Waals surface area contributed by atoms with Crippen molar-refractivity contribution in [1.29, 1.82) is 0 Å². The number of hydrogen-bond donors (Lipinski definition) is 2. The summed E-state index contributed by atoms with van der Waals surface area (Å²) in [7, 11) is 0. The van der Waals surface area contributed by atoms with Gasteiger partial charge < -0.3 is 10.2 Å². The fraction of sp³-hybridized carbons (Fsp3) is 0.0714. The first-order valence-electron chi connectivity index (χ1n) is 5.21. The molecule has 3 heteroatoms. The van der Waals surface area contributed by atoms with Crippen LogP contribution in [0.3, 0.4) is 0 Å². The Morgan fingerprint density at radius 3 is 2.29 bits per heavy atom. The highest BCUT2D eigenvalue weighted by molar-refractivity contribution is 6.10. The molecule has 0 saturated carbocycles. The maximum absolute atomic E-state index is 12.1. The Labute approximate surface area is 99.0 Å². The van der Waals surface area contributed by atoms with Crippen molar-refractivity contribution in [2.24, 2.45) is 0 Å². The highest BCUT2D eigenvalue weighted by Crippen LogP contribution is 2.22. The molecule has 0 bridgehead atoms. The zero-order chi connectivity index (χ0) is 12.4. The summed E-state index contributed by atoms with van der Waals surface area (Å²) in [5.74, 6) is -0.185. The molecule has 2 aromatic carbocycles. The fourth-order valence-corrected chi connectivity index (χ4v) is 1.60. The van der Waals surface area contributed by atoms with E-state index in [1.54, 1.807) is 12.1 Å². The average molecular weight is 228 g/mol. The van der Waals surface area contributed by atoms with Crippen molar-refractivity contribution in [1.82, 2.24) is 0 Å². The quantitative estimate of drug-likeness (QED) is 0.777. The smallest absolute Gasteiger partial charge is 0.196 e. The highest BCUT2D eigenvalue weighted by Gasteiger charge is 2.13. The molecule has 0 aromatic heterocycles. The largest absolute Gasteiger partial charge is 0.508 e. The van der Waals surface area contributed by atoms with E-state index in [0.717, 1.165) is 5.56 Å². The van der Waals surface area contributed by atoms with Crippen molar-refractivity contribution in [3.63, 3.8) is 0 Å². The van der Waals surface area contributed by atoms with Crippen molar-refractivity contribution in [3.05, 3.63) is 59.2 Å². The number of aromatic hydroxyl groups is 2. The first-order valence-corrected chi connectivity index (χ1v) is 5.21. The van der Waals surface area contributed by atoms with Gasteiger partial charge in [-0.1, -0.05) is 11.6 Å². The maximum Gasteiger partial charge on any atom is 0.196 e. The third kappa shape index (κ3) is 2.28. The van der Waals surface area contributed by atoms with Crippen molar-refractivity contribution >= 4 is 5.78 Å². The predicted octanol–water partition coefficient (Wildman–Crippen LogP) is 2.64. The van der Waals surface area contributed by atoms with E-state index in [0.29, 0.717) is 5.56 Å². The van der Waals surface area contributed by atoms with E-state index < -0.39 is 0 Å². The van der Waals surface area contributed by atoms with Crippen LogP contribution in [0.1, 0.15) is 21.5 Å². The van der Waals surface area contributed by atoms with E-state index in [1.165, 1.54) is 30.3 Å². The van der Waals surface area contributed by atoms with Crippen molar-refractivity contribution < 1.29 is 15.0 Å². The second kappa shape index (κ2) is 4.29. The van der Waals surface area contributed by atoms with Crippen LogP contribution in [-0.2, 0) is 0 Å². The van der Waals surface area contributed by atoms with E-state index >= 15 is 0 Å². The molecule has 86 valence electrons. The molecular formula is C14H12O3. The van der Waals surface area contributed by atoms with E-state index in [-0.39, 0.29) is 22.8 Å². The summed E-state index contributed by atoms with van der Waals surface area (Å²) >= 11 is 0. The Morgan fingerprint density at radius 2 is 1.65 bits per heavy atom. The van der Waals surface area contributed by atoms with Gasteiger partial charge in [-0.15, -0.1) is 0 Å². The molecule has 2 aromatic rings. The van der Waals surface area contributed by atoms with E-state index in [1.807, 2.05) is 6.92 Å². The maximum atomic E-state index is 12.1. The van der Waals surface area contributed by atoms with Crippen LogP contribution in [0.5, 0.6) is 11.5 Å². The molecule has 0 saturated heterocycles. The number of benzene rings is 2. The third-order valence-corrected chi connectivity index (χ3v) is 2.53. The van der Waals surface area contributed by atoms with Crippen LogP contribution in [0.2, 0.25) is 0 Å². The first-order chi connectivity index (χ1) is 8.08. The lowest BCUT2D eigenvalue weighted by atomic mass is 10.0. The van der Waals surface area contributed by atoms with Gasteiger partial charge in [0.15, 0.2) is 5.78 Å². The molecular weight excluding hydrogens is 216 g/mol. The summed E-state index contributed by atoms with van der Waals surface area (Å²) < 4.78 is 0. The molecule has 3 nitrogen and oxygen atoms in total. The van der Waals surface area contributed by atoms with Crippen LogP contribution in [0.25, 0.3) is 0 Å². The lowest BCUT2D eigenvalue weighted by Gasteiger charge is -2.05. The molecule has 0 atom stereocenters. The van der Waals surface area contributed by atoms with Crippen LogP contribution < -0.4 is 0 Å². The Bertz CT molecular complexity index is 556. The summed E-state index contributed by atoms with van der Waals surface area (Å²) in [4.78, 5) is 12.1. The molecule has 2 rings (SSSR count). The molecule has 0 unspecified atom stereocenters. The van der Waals surface area contributed by atoms with Gasteiger partial charge in [-0.25, -0.2) is 0 Å². The van der Waals surface area contributed by atoms with E-state index in [9.17, 15) is 9.90 Å². The number of phenols is 2. The van der Waals surface area contributed by atoms with Gasteiger partial charge in [0.2, 0.25) is 0 Å². The van der Waals surface area contributed by atoms with Gasteiger partial charge in [0.25, 0.3) is 0 Å². The number of carbonyl (C=O) groups is 1. The molecule has 0 aliphatic heterocycles. The molecule has 0 aliphatic rings. The van der Waals surface area contributed by atoms with Gasteiger partial charge in [-0.3, -0.25) is 4.79 Å². The molecule has 2 N–H and O–H groups in total. The minimum atomic E-state index is -0.258. The number of rotatable bonds is 2. The van der Waals surface area contributed by atoms with Gasteiger partial charge >= 0.3 is 0 Å². The van der Waals surface area contributed by atoms with Gasteiger partial charge in [0.05, 0.1) is 5.56 Å². The number of ketones is 1. The van der Waals surface area contributed by atoms with E-state index in [2.05, 4.69) is 0 Å². The second-order valence-corrected chi connectivity index (χ2v) is 3.90. The molecule has 0 spiro atoms. The van der Waals surface area contributed by atoms with Gasteiger partial charge in [0.1, 0.15) is 11.5 Å². The topological polar surface area (TPSA) is 57.5 Å². The third-order valence-electron chi connectivity index (χ3n) is 2.53. The summed E-state index contributed by atoms with van der Waals surface area (Å²) in [6.07, 6.45) is 0. The first kappa shape index (κ1) is 11.2. The fourth-order valence-electron chi connectivity index (χ4n) is 1.60. The molecule has 0 fully saturated rings. The second-order valence-electron chi connectivity index (χ2n) is 3.90. The molecule has 0 amide bonds. The Hall–Kier alpha value is -2.29. The molecule has 0 aliphatic carbocycles. The minimum Gasteiger partial charge on any atom is -0.508 e. The lowest BCUT2D eigenvalue weighted by Crippen LogP contribution is -2.01. The molecule has 0 radical (unpaired) electrons. The van der Waals surface area contributed by atoms with Crippen molar-refractivity contribution in [2.75, 3.05) is 0 Å². The van der Waals surface area contributed by atoms with Crippen LogP contribution in [-0.4, -0.2) is 16.0 Å². The van der Waals surface area contributed by atoms with E-state index in [4.69, 9.17) is 5.11 Å². The van der Waals surface area contributed by atoms with Gasteiger partial charge in [-0.05, 0) is 43.3 Å². The minimum absolute atomic E-state index is 0.0336. The SMILES string of the molecule is Cc1ccc(O)c(C(=O)c2ccc(O)cc2)c1. The number of aryl methyl sites for hydroxylation is 1. The molecule has 0 heterocycles. The average Bonchev–Trinajstić information content (AvgIpc) is 2.32. The Morgan fingerprint density at radius 1 is 1.00 bits per heavy atom. The van der Waals surface area contributed by atoms with Crippen molar-refractivity contribution in [2.45, 2.75) is 6.92 Å². The van der Waals surface area contributed by atoms with Crippen LogP contribution in [0.15, 0.2) is 42.5 Å². The van der Waals surface area contributed by atoms with Crippen LogP contribution >= 0.6 is 0 Å². The van der Waals surface area contributed by atoms with Gasteiger partial charge in [0, 0.05) is 5.56 Å². The van der Waals surface area contributed by atoms with Crippen LogP contribution in [0, 0.1) is 6.92 Å². The summed E-state index contributed by atoms with van der Waals surface area (Å²) in [6.45, 7) is 1.85. The monoisotopic (exact) mass is 228 g/mol. The van der Waals surface area contributed by atoms with Crippen molar-refractivity contribution in [3.8, 4) is 11.5 Å². The Balaban J connectivity index is 2.43. The zero-order valence-electron chi connectivity index (χ0n) is 9.34. The number of hydrogen-bond acceptors (Lipinski definition) is 3. The number of carbonyl (C=O) groups excluding carboxylic acids is 1. The lowest BCUT2D eigenvalue weighted by molar-refractivity contribution is 0.103. The standard InChI is InChI=1S/C14H12O3/c1-9-2-7-13(16)12(8-9)14(17)10-3-5-11(15)6-4-10/h2-8,15-16H,1H3. The van der Waals surface area contributed by atoms with Crippen LogP contribution in [0.4, 0.5) is 0 Å². The zero-order valence-corrected chi connectivity index (χ0v) is 9.34. The predicted molar refractivity (Wildman–Crippen MR) is 64.4 cm³/mol. The summed E-state index contributed by atoms with van der Waals surface area (Å²) in [5.41, 5.74) is 1.62. The summed E-state index contributed by atoms with van der Waals surface area (Å²) in [6, 6.07) is 10.8. The Kier molecular flexibility index (Phi) is 2.83. The number of phenolic OH excluding ortho intramolecular Hbond substituents is 2.